The summed E-state index contributed by atoms with van der Waals surface area (Å²) in [5.41, 5.74) is 5.31. The second-order valence-corrected chi connectivity index (χ2v) is 5.45. The molecule has 1 aliphatic rings. The lowest BCUT2D eigenvalue weighted by Crippen LogP contribution is -2.53. The maximum absolute atomic E-state index is 12.1. The van der Waals surface area contributed by atoms with Gasteiger partial charge in [-0.25, -0.2) is 4.79 Å². The van der Waals surface area contributed by atoms with Gasteiger partial charge in [0, 0.05) is 6.04 Å². The Morgan fingerprint density at radius 1 is 1.47 bits per heavy atom. The van der Waals surface area contributed by atoms with Crippen LogP contribution in [0.5, 0.6) is 0 Å². The van der Waals surface area contributed by atoms with Crippen molar-refractivity contribution in [3.63, 3.8) is 0 Å². The maximum atomic E-state index is 12.1. The van der Waals surface area contributed by atoms with E-state index in [-0.39, 0.29) is 17.9 Å². The van der Waals surface area contributed by atoms with Crippen LogP contribution >= 0.6 is 0 Å². The molecule has 1 aliphatic carbocycles. The highest BCUT2D eigenvalue weighted by molar-refractivity contribution is 5.88. The first-order valence-corrected chi connectivity index (χ1v) is 6.08. The van der Waals surface area contributed by atoms with Gasteiger partial charge in [-0.15, -0.1) is 0 Å². The number of hydrogen-bond donors (Lipinski definition) is 3. The molecule has 0 aromatic heterocycles. The molecule has 0 radical (unpaired) electrons. The fourth-order valence-corrected chi connectivity index (χ4v) is 2.29. The van der Waals surface area contributed by atoms with Gasteiger partial charge < -0.3 is 16.2 Å². The van der Waals surface area contributed by atoms with Crippen molar-refractivity contribution in [2.24, 2.45) is 17.1 Å². The Hall–Kier alpha value is -1.10. The lowest BCUT2D eigenvalue weighted by Gasteiger charge is -2.30. The maximum Gasteiger partial charge on any atom is 0.326 e. The van der Waals surface area contributed by atoms with Crippen molar-refractivity contribution in [1.29, 1.82) is 0 Å². The molecule has 0 saturated heterocycles. The molecule has 5 heteroatoms. The van der Waals surface area contributed by atoms with Gasteiger partial charge in [-0.2, -0.15) is 0 Å². The van der Waals surface area contributed by atoms with Gasteiger partial charge in [-0.1, -0.05) is 20.3 Å². The molecule has 0 aromatic rings. The number of carboxylic acid groups (broad SMARTS) is 1. The Morgan fingerprint density at radius 2 is 2.06 bits per heavy atom. The number of carboxylic acids is 1. The van der Waals surface area contributed by atoms with Gasteiger partial charge >= 0.3 is 5.97 Å². The molecule has 4 N–H and O–H groups in total. The van der Waals surface area contributed by atoms with E-state index in [9.17, 15) is 9.59 Å². The lowest BCUT2D eigenvalue weighted by atomic mass is 9.83. The number of rotatable bonds is 4. The predicted molar refractivity (Wildman–Crippen MR) is 64.3 cm³/mol. The van der Waals surface area contributed by atoms with Crippen molar-refractivity contribution >= 4 is 11.9 Å². The molecule has 1 saturated carbocycles. The van der Waals surface area contributed by atoms with Crippen LogP contribution in [0.4, 0.5) is 0 Å². The van der Waals surface area contributed by atoms with E-state index < -0.39 is 17.4 Å². The molecule has 5 nitrogen and oxygen atoms in total. The lowest BCUT2D eigenvalue weighted by molar-refractivity contribution is -0.145. The van der Waals surface area contributed by atoms with Crippen molar-refractivity contribution in [3.8, 4) is 0 Å². The van der Waals surface area contributed by atoms with E-state index in [1.807, 2.05) is 6.92 Å². The Kier molecular flexibility index (Phi) is 4.14. The van der Waals surface area contributed by atoms with E-state index in [2.05, 4.69) is 5.32 Å². The molecule has 0 aliphatic heterocycles. The van der Waals surface area contributed by atoms with Crippen molar-refractivity contribution in [2.75, 3.05) is 0 Å². The average molecular weight is 242 g/mol. The van der Waals surface area contributed by atoms with Gasteiger partial charge in [0.2, 0.25) is 5.91 Å². The monoisotopic (exact) mass is 242 g/mol. The molecule has 3 atom stereocenters. The molecular weight excluding hydrogens is 220 g/mol. The fourth-order valence-electron chi connectivity index (χ4n) is 2.29. The standard InChI is InChI=1S/C12H22N2O3/c1-7(2)9(10(15)16)14-11(17)12(3)6-4-5-8(12)13/h7-9H,4-6,13H2,1-3H3,(H,14,17)(H,15,16). The number of amides is 1. The Balaban J connectivity index is 2.74. The van der Waals surface area contributed by atoms with E-state index in [4.69, 9.17) is 10.8 Å². The van der Waals surface area contributed by atoms with Gasteiger partial charge in [0.1, 0.15) is 6.04 Å². The number of carbonyl (C=O) groups excluding carboxylic acids is 1. The summed E-state index contributed by atoms with van der Waals surface area (Å²) in [6.07, 6.45) is 2.47. The van der Waals surface area contributed by atoms with Crippen LogP contribution in [-0.2, 0) is 9.59 Å². The third-order valence-corrected chi connectivity index (χ3v) is 3.77. The summed E-state index contributed by atoms with van der Waals surface area (Å²) < 4.78 is 0. The molecule has 0 aromatic carbocycles. The fraction of sp³-hybridized carbons (Fsp3) is 0.833. The summed E-state index contributed by atoms with van der Waals surface area (Å²) in [4.78, 5) is 23.2. The minimum absolute atomic E-state index is 0.141. The van der Waals surface area contributed by atoms with Crippen LogP contribution in [0, 0.1) is 11.3 Å². The van der Waals surface area contributed by atoms with E-state index in [0.29, 0.717) is 0 Å². The van der Waals surface area contributed by atoms with Gasteiger partial charge in [0.05, 0.1) is 5.41 Å². The number of hydrogen-bond acceptors (Lipinski definition) is 3. The van der Waals surface area contributed by atoms with E-state index >= 15 is 0 Å². The van der Waals surface area contributed by atoms with Crippen molar-refractivity contribution in [2.45, 2.75) is 52.1 Å². The summed E-state index contributed by atoms with van der Waals surface area (Å²) in [5, 5.41) is 11.6. The second kappa shape index (κ2) is 5.04. The first-order chi connectivity index (χ1) is 7.79. The van der Waals surface area contributed by atoms with Crippen molar-refractivity contribution < 1.29 is 14.7 Å². The summed E-state index contributed by atoms with van der Waals surface area (Å²) in [6.45, 7) is 5.37. The third-order valence-electron chi connectivity index (χ3n) is 3.77. The van der Waals surface area contributed by atoms with Crippen molar-refractivity contribution in [3.05, 3.63) is 0 Å². The molecule has 1 rings (SSSR count). The van der Waals surface area contributed by atoms with E-state index in [1.165, 1.54) is 0 Å². The molecule has 0 heterocycles. The first-order valence-electron chi connectivity index (χ1n) is 6.08. The molecule has 17 heavy (non-hydrogen) atoms. The number of aliphatic carboxylic acids is 1. The summed E-state index contributed by atoms with van der Waals surface area (Å²) >= 11 is 0. The van der Waals surface area contributed by atoms with Crippen LogP contribution < -0.4 is 11.1 Å². The van der Waals surface area contributed by atoms with Crippen LogP contribution in [0.15, 0.2) is 0 Å². The Morgan fingerprint density at radius 3 is 2.41 bits per heavy atom. The highest BCUT2D eigenvalue weighted by Crippen LogP contribution is 2.37. The van der Waals surface area contributed by atoms with Crippen LogP contribution in [0.25, 0.3) is 0 Å². The van der Waals surface area contributed by atoms with E-state index in [0.717, 1.165) is 19.3 Å². The molecule has 3 unspecified atom stereocenters. The molecule has 1 fully saturated rings. The van der Waals surface area contributed by atoms with Crippen LogP contribution in [0.1, 0.15) is 40.0 Å². The topological polar surface area (TPSA) is 92.4 Å². The van der Waals surface area contributed by atoms with Crippen LogP contribution in [0.2, 0.25) is 0 Å². The zero-order chi connectivity index (χ0) is 13.2. The minimum Gasteiger partial charge on any atom is -0.480 e. The summed E-state index contributed by atoms with van der Waals surface area (Å²) in [5.74, 6) is -1.37. The van der Waals surface area contributed by atoms with Crippen molar-refractivity contribution in [1.82, 2.24) is 5.32 Å². The zero-order valence-electron chi connectivity index (χ0n) is 10.7. The average Bonchev–Trinajstić information content (AvgIpc) is 2.55. The van der Waals surface area contributed by atoms with Gasteiger partial charge in [-0.3, -0.25) is 4.79 Å². The predicted octanol–water partition coefficient (Wildman–Crippen LogP) is 0.729. The number of nitrogens with two attached hydrogens (primary N) is 1. The summed E-state index contributed by atoms with van der Waals surface area (Å²) in [7, 11) is 0. The highest BCUT2D eigenvalue weighted by Gasteiger charge is 2.44. The molecular formula is C12H22N2O3. The number of carbonyl (C=O) groups is 2. The molecule has 0 spiro atoms. The molecule has 98 valence electrons. The SMILES string of the molecule is CC(C)C(NC(=O)C1(C)CCCC1N)C(=O)O. The summed E-state index contributed by atoms with van der Waals surface area (Å²) in [6, 6.07) is -1.02. The van der Waals surface area contributed by atoms with Crippen LogP contribution in [-0.4, -0.2) is 29.1 Å². The first kappa shape index (κ1) is 14.0. The quantitative estimate of drug-likeness (QED) is 0.677. The highest BCUT2D eigenvalue weighted by atomic mass is 16.4. The Bertz CT molecular complexity index is 317. The van der Waals surface area contributed by atoms with Gasteiger partial charge in [0.25, 0.3) is 0 Å². The minimum atomic E-state index is -0.997. The van der Waals surface area contributed by atoms with E-state index in [1.54, 1.807) is 13.8 Å². The smallest absolute Gasteiger partial charge is 0.326 e. The zero-order valence-corrected chi connectivity index (χ0v) is 10.7. The molecule has 0 bridgehead atoms. The van der Waals surface area contributed by atoms with Gasteiger partial charge in [-0.05, 0) is 25.7 Å². The second-order valence-electron chi connectivity index (χ2n) is 5.45. The van der Waals surface area contributed by atoms with Crippen LogP contribution in [0.3, 0.4) is 0 Å². The Labute approximate surface area is 102 Å². The normalized spacial score (nSPS) is 30.3. The largest absolute Gasteiger partial charge is 0.480 e. The molecule has 1 amide bonds. The number of nitrogens with one attached hydrogen (secondary N) is 1. The third kappa shape index (κ3) is 2.77. The van der Waals surface area contributed by atoms with Gasteiger partial charge in [0.15, 0.2) is 0 Å².